The first kappa shape index (κ1) is 16.4. The fourth-order valence-electron chi connectivity index (χ4n) is 2.62. The first-order chi connectivity index (χ1) is 12.7. The van der Waals surface area contributed by atoms with Gasteiger partial charge in [-0.2, -0.15) is 0 Å². The quantitative estimate of drug-likeness (QED) is 0.552. The van der Waals surface area contributed by atoms with E-state index in [4.69, 9.17) is 9.51 Å². The van der Waals surface area contributed by atoms with Crippen molar-refractivity contribution in [3.8, 4) is 21.9 Å². The highest BCUT2D eigenvalue weighted by molar-refractivity contribution is 7.13. The standard InChI is InChI=1S/C19H17N5OS/c1-12-10-16(25-24-12)14-11-21-19(23-18(14)17-7-5-9-26-17)22-13(2)15-6-3-4-8-20-15/h3-11,13H,1-2H3,(H,21,22,23)/t13-/m0/s1. The maximum absolute atomic E-state index is 5.42. The monoisotopic (exact) mass is 363 g/mol. The Kier molecular flexibility index (Phi) is 4.45. The fourth-order valence-corrected chi connectivity index (χ4v) is 3.35. The molecular weight excluding hydrogens is 346 g/mol. The number of aryl methyl sites for hydroxylation is 1. The number of anilines is 1. The van der Waals surface area contributed by atoms with Gasteiger partial charge in [0, 0.05) is 18.5 Å². The van der Waals surface area contributed by atoms with Gasteiger partial charge < -0.3 is 9.84 Å². The van der Waals surface area contributed by atoms with Crippen LogP contribution in [0.25, 0.3) is 21.9 Å². The average molecular weight is 363 g/mol. The summed E-state index contributed by atoms with van der Waals surface area (Å²) in [7, 11) is 0. The molecule has 0 fully saturated rings. The summed E-state index contributed by atoms with van der Waals surface area (Å²) < 4.78 is 5.42. The summed E-state index contributed by atoms with van der Waals surface area (Å²) in [6, 6.07) is 11.8. The molecule has 7 heteroatoms. The lowest BCUT2D eigenvalue weighted by Crippen LogP contribution is -2.11. The van der Waals surface area contributed by atoms with Crippen LogP contribution in [0.3, 0.4) is 0 Å². The van der Waals surface area contributed by atoms with Gasteiger partial charge in [0.1, 0.15) is 0 Å². The normalized spacial score (nSPS) is 12.1. The van der Waals surface area contributed by atoms with Gasteiger partial charge >= 0.3 is 0 Å². The van der Waals surface area contributed by atoms with Gasteiger partial charge in [0.05, 0.1) is 33.6 Å². The van der Waals surface area contributed by atoms with Crippen LogP contribution in [0, 0.1) is 6.92 Å². The third-order valence-corrected chi connectivity index (χ3v) is 4.79. The zero-order chi connectivity index (χ0) is 17.9. The molecule has 0 unspecified atom stereocenters. The van der Waals surface area contributed by atoms with E-state index < -0.39 is 0 Å². The predicted octanol–water partition coefficient (Wildman–Crippen LogP) is 4.74. The van der Waals surface area contributed by atoms with E-state index in [1.165, 1.54) is 0 Å². The van der Waals surface area contributed by atoms with E-state index in [1.54, 1.807) is 23.7 Å². The van der Waals surface area contributed by atoms with Crippen molar-refractivity contribution in [1.82, 2.24) is 20.1 Å². The molecule has 0 bridgehead atoms. The first-order valence-electron chi connectivity index (χ1n) is 8.23. The Morgan fingerprint density at radius 2 is 2.08 bits per heavy atom. The second-order valence-corrected chi connectivity index (χ2v) is 6.83. The average Bonchev–Trinajstić information content (AvgIpc) is 3.34. The van der Waals surface area contributed by atoms with Gasteiger partial charge in [-0.1, -0.05) is 17.3 Å². The largest absolute Gasteiger partial charge is 0.356 e. The van der Waals surface area contributed by atoms with Crippen molar-refractivity contribution in [2.75, 3.05) is 5.32 Å². The Balaban J connectivity index is 1.71. The zero-order valence-electron chi connectivity index (χ0n) is 14.4. The lowest BCUT2D eigenvalue weighted by atomic mass is 10.1. The number of rotatable bonds is 5. The molecule has 0 aliphatic rings. The summed E-state index contributed by atoms with van der Waals surface area (Å²) in [5, 5.41) is 9.32. The maximum Gasteiger partial charge on any atom is 0.223 e. The van der Waals surface area contributed by atoms with Gasteiger partial charge in [-0.15, -0.1) is 11.3 Å². The van der Waals surface area contributed by atoms with Crippen LogP contribution in [0.5, 0.6) is 0 Å². The minimum absolute atomic E-state index is 0.00856. The molecule has 0 saturated heterocycles. The van der Waals surface area contributed by atoms with Crippen molar-refractivity contribution >= 4 is 17.3 Å². The number of nitrogens with one attached hydrogen (secondary N) is 1. The highest BCUT2D eigenvalue weighted by Crippen LogP contribution is 2.34. The summed E-state index contributed by atoms with van der Waals surface area (Å²) in [5.74, 6) is 1.21. The summed E-state index contributed by atoms with van der Waals surface area (Å²) in [6.07, 6.45) is 3.55. The van der Waals surface area contributed by atoms with E-state index >= 15 is 0 Å². The summed E-state index contributed by atoms with van der Waals surface area (Å²) >= 11 is 1.62. The van der Waals surface area contributed by atoms with Gasteiger partial charge in [-0.25, -0.2) is 9.97 Å². The Labute approximate surface area is 155 Å². The van der Waals surface area contributed by atoms with E-state index in [0.29, 0.717) is 11.7 Å². The number of thiophene rings is 1. The predicted molar refractivity (Wildman–Crippen MR) is 102 cm³/mol. The molecule has 0 radical (unpaired) electrons. The minimum Gasteiger partial charge on any atom is -0.356 e. The van der Waals surface area contributed by atoms with Crippen LogP contribution in [0.1, 0.15) is 24.4 Å². The molecule has 0 aromatic carbocycles. The van der Waals surface area contributed by atoms with Gasteiger partial charge in [0.25, 0.3) is 0 Å². The molecular formula is C19H17N5OS. The fraction of sp³-hybridized carbons (Fsp3) is 0.158. The number of hydrogen-bond donors (Lipinski definition) is 1. The van der Waals surface area contributed by atoms with Gasteiger partial charge in [0.15, 0.2) is 5.76 Å². The Hall–Kier alpha value is -3.06. The molecule has 1 atom stereocenters. The van der Waals surface area contributed by atoms with Gasteiger partial charge in [-0.05, 0) is 37.4 Å². The summed E-state index contributed by atoms with van der Waals surface area (Å²) in [5.41, 5.74) is 3.40. The lowest BCUT2D eigenvalue weighted by Gasteiger charge is -2.14. The highest BCUT2D eigenvalue weighted by Gasteiger charge is 2.17. The molecule has 0 aliphatic heterocycles. The molecule has 0 saturated carbocycles. The Morgan fingerprint density at radius 3 is 2.77 bits per heavy atom. The van der Waals surface area contributed by atoms with Crippen LogP contribution in [-0.2, 0) is 0 Å². The number of hydrogen-bond acceptors (Lipinski definition) is 7. The smallest absolute Gasteiger partial charge is 0.223 e. The molecule has 4 aromatic rings. The maximum atomic E-state index is 5.42. The van der Waals surface area contributed by atoms with Crippen LogP contribution in [0.2, 0.25) is 0 Å². The number of pyridine rings is 1. The Bertz CT molecular complexity index is 998. The van der Waals surface area contributed by atoms with Crippen molar-refractivity contribution in [3.05, 3.63) is 65.6 Å². The minimum atomic E-state index is -0.00856. The molecule has 1 N–H and O–H groups in total. The van der Waals surface area contributed by atoms with Gasteiger partial charge in [0.2, 0.25) is 5.95 Å². The molecule has 0 spiro atoms. The van der Waals surface area contributed by atoms with Crippen molar-refractivity contribution < 1.29 is 4.52 Å². The number of aromatic nitrogens is 4. The molecule has 0 amide bonds. The number of nitrogens with zero attached hydrogens (tertiary/aromatic N) is 4. The lowest BCUT2D eigenvalue weighted by molar-refractivity contribution is 0.427. The molecule has 130 valence electrons. The first-order valence-corrected chi connectivity index (χ1v) is 9.11. The summed E-state index contributed by atoms with van der Waals surface area (Å²) in [6.45, 7) is 3.92. The van der Waals surface area contributed by atoms with Crippen LogP contribution >= 0.6 is 11.3 Å². The van der Waals surface area contributed by atoms with Crippen molar-refractivity contribution in [2.24, 2.45) is 0 Å². The van der Waals surface area contributed by atoms with Crippen LogP contribution < -0.4 is 5.32 Å². The van der Waals surface area contributed by atoms with E-state index in [9.17, 15) is 0 Å². The van der Waals surface area contributed by atoms with E-state index in [-0.39, 0.29) is 6.04 Å². The molecule has 4 heterocycles. The SMILES string of the molecule is Cc1cc(-c2cnc(N[C@@H](C)c3ccccn3)nc2-c2cccs2)on1. The summed E-state index contributed by atoms with van der Waals surface area (Å²) in [4.78, 5) is 14.6. The molecule has 0 aliphatic carbocycles. The second-order valence-electron chi connectivity index (χ2n) is 5.89. The molecule has 6 nitrogen and oxygen atoms in total. The van der Waals surface area contributed by atoms with Crippen molar-refractivity contribution in [3.63, 3.8) is 0 Å². The van der Waals surface area contributed by atoms with Crippen LogP contribution in [0.15, 0.2) is 58.7 Å². The van der Waals surface area contributed by atoms with E-state index in [0.717, 1.165) is 27.5 Å². The molecule has 4 rings (SSSR count). The molecule has 26 heavy (non-hydrogen) atoms. The van der Waals surface area contributed by atoms with Gasteiger partial charge in [-0.3, -0.25) is 4.98 Å². The van der Waals surface area contributed by atoms with Crippen LogP contribution in [0.4, 0.5) is 5.95 Å². The zero-order valence-corrected chi connectivity index (χ0v) is 15.2. The van der Waals surface area contributed by atoms with Crippen LogP contribution in [-0.4, -0.2) is 20.1 Å². The van der Waals surface area contributed by atoms with E-state index in [2.05, 4.69) is 20.4 Å². The third kappa shape index (κ3) is 3.34. The highest BCUT2D eigenvalue weighted by atomic mass is 32.1. The third-order valence-electron chi connectivity index (χ3n) is 3.91. The van der Waals surface area contributed by atoms with E-state index in [1.807, 2.05) is 55.6 Å². The van der Waals surface area contributed by atoms with Crippen molar-refractivity contribution in [2.45, 2.75) is 19.9 Å². The molecule has 4 aromatic heterocycles. The Morgan fingerprint density at radius 1 is 1.15 bits per heavy atom. The second kappa shape index (κ2) is 7.05. The van der Waals surface area contributed by atoms with Crippen molar-refractivity contribution in [1.29, 1.82) is 0 Å². The topological polar surface area (TPSA) is 76.7 Å².